The normalized spacial score (nSPS) is 12.1. The fourth-order valence-corrected chi connectivity index (χ4v) is 2.05. The van der Waals surface area contributed by atoms with Gasteiger partial charge in [-0.25, -0.2) is 0 Å². The smallest absolute Gasteiger partial charge is 0.250 e. The molecule has 1 amide bonds. The Morgan fingerprint density at radius 2 is 2.20 bits per heavy atom. The monoisotopic (exact) mass is 273 g/mol. The SMILES string of the molecule is CC(CCc1ccco1)Nc1cc(N)ccc1C(N)=O. The summed E-state index contributed by atoms with van der Waals surface area (Å²) in [5, 5.41) is 3.27. The number of aryl methyl sites for hydroxylation is 1. The number of carbonyl (C=O) groups excluding carboxylic acids is 1. The molecule has 0 aliphatic carbocycles. The summed E-state index contributed by atoms with van der Waals surface area (Å²) < 4.78 is 5.29. The van der Waals surface area contributed by atoms with Gasteiger partial charge in [0.2, 0.25) is 0 Å². The van der Waals surface area contributed by atoms with Crippen LogP contribution in [0.2, 0.25) is 0 Å². The van der Waals surface area contributed by atoms with Crippen LogP contribution in [0.3, 0.4) is 0 Å². The van der Waals surface area contributed by atoms with Crippen LogP contribution in [0.15, 0.2) is 41.0 Å². The zero-order chi connectivity index (χ0) is 14.5. The first-order chi connectivity index (χ1) is 9.56. The number of nitrogen functional groups attached to an aromatic ring is 1. The molecule has 106 valence electrons. The van der Waals surface area contributed by atoms with Crippen LogP contribution in [0, 0.1) is 0 Å². The Kier molecular flexibility index (Phi) is 4.30. The maximum absolute atomic E-state index is 11.4. The standard InChI is InChI=1S/C15H19N3O2/c1-10(4-6-12-3-2-8-20-12)18-14-9-11(16)5-7-13(14)15(17)19/h2-3,5,7-10,18H,4,6,16H2,1H3,(H2,17,19). The summed E-state index contributed by atoms with van der Waals surface area (Å²) in [7, 11) is 0. The number of carbonyl (C=O) groups is 1. The van der Waals surface area contributed by atoms with Gasteiger partial charge in [0.05, 0.1) is 11.8 Å². The van der Waals surface area contributed by atoms with E-state index in [1.165, 1.54) is 0 Å². The van der Waals surface area contributed by atoms with Gasteiger partial charge in [0.1, 0.15) is 5.76 Å². The van der Waals surface area contributed by atoms with Crippen LogP contribution in [-0.2, 0) is 6.42 Å². The van der Waals surface area contributed by atoms with Crippen LogP contribution in [-0.4, -0.2) is 11.9 Å². The molecular weight excluding hydrogens is 254 g/mol. The van der Waals surface area contributed by atoms with Crippen molar-refractivity contribution in [2.45, 2.75) is 25.8 Å². The number of anilines is 2. The second kappa shape index (κ2) is 6.14. The number of rotatable bonds is 6. The molecular formula is C15H19N3O2. The van der Waals surface area contributed by atoms with Gasteiger partial charge in [-0.3, -0.25) is 4.79 Å². The van der Waals surface area contributed by atoms with Crippen molar-refractivity contribution in [3.05, 3.63) is 47.9 Å². The molecule has 0 spiro atoms. The largest absolute Gasteiger partial charge is 0.469 e. The lowest BCUT2D eigenvalue weighted by Crippen LogP contribution is -2.20. The molecule has 0 saturated carbocycles. The summed E-state index contributed by atoms with van der Waals surface area (Å²) in [4.78, 5) is 11.4. The molecule has 0 aliphatic heterocycles. The third-order valence-electron chi connectivity index (χ3n) is 3.11. The fraction of sp³-hybridized carbons (Fsp3) is 0.267. The molecule has 20 heavy (non-hydrogen) atoms. The summed E-state index contributed by atoms with van der Waals surface area (Å²) in [6.45, 7) is 2.04. The van der Waals surface area contributed by atoms with Crippen LogP contribution in [0.25, 0.3) is 0 Å². The number of furan rings is 1. The van der Waals surface area contributed by atoms with E-state index < -0.39 is 5.91 Å². The van der Waals surface area contributed by atoms with E-state index in [1.807, 2.05) is 19.1 Å². The van der Waals surface area contributed by atoms with Gasteiger partial charge in [0, 0.05) is 23.8 Å². The Morgan fingerprint density at radius 3 is 2.85 bits per heavy atom. The predicted molar refractivity (Wildman–Crippen MR) is 79.5 cm³/mol. The lowest BCUT2D eigenvalue weighted by atomic mass is 10.1. The van der Waals surface area contributed by atoms with E-state index in [9.17, 15) is 4.79 Å². The second-order valence-electron chi connectivity index (χ2n) is 4.83. The number of benzene rings is 1. The van der Waals surface area contributed by atoms with E-state index in [0.29, 0.717) is 16.9 Å². The molecule has 1 heterocycles. The molecule has 1 aromatic heterocycles. The Balaban J connectivity index is 2.01. The highest BCUT2D eigenvalue weighted by molar-refractivity contribution is 5.99. The highest BCUT2D eigenvalue weighted by Crippen LogP contribution is 2.20. The topological polar surface area (TPSA) is 94.3 Å². The Hall–Kier alpha value is -2.43. The van der Waals surface area contributed by atoms with Crippen LogP contribution in [0.1, 0.15) is 29.5 Å². The zero-order valence-electron chi connectivity index (χ0n) is 11.4. The molecule has 1 unspecified atom stereocenters. The molecule has 2 aromatic rings. The highest BCUT2D eigenvalue weighted by atomic mass is 16.3. The Morgan fingerprint density at radius 1 is 1.40 bits per heavy atom. The number of hydrogen-bond donors (Lipinski definition) is 3. The molecule has 0 bridgehead atoms. The summed E-state index contributed by atoms with van der Waals surface area (Å²) in [5.74, 6) is 0.479. The Labute approximate surface area is 117 Å². The van der Waals surface area contributed by atoms with Crippen LogP contribution >= 0.6 is 0 Å². The molecule has 1 aromatic carbocycles. The predicted octanol–water partition coefficient (Wildman–Crippen LogP) is 2.39. The summed E-state index contributed by atoms with van der Waals surface area (Å²) in [6, 6.07) is 9.01. The van der Waals surface area contributed by atoms with Crippen molar-refractivity contribution < 1.29 is 9.21 Å². The zero-order valence-corrected chi connectivity index (χ0v) is 11.4. The lowest BCUT2D eigenvalue weighted by Gasteiger charge is -2.17. The van der Waals surface area contributed by atoms with Crippen molar-refractivity contribution in [1.82, 2.24) is 0 Å². The number of nitrogens with two attached hydrogens (primary N) is 2. The highest BCUT2D eigenvalue weighted by Gasteiger charge is 2.11. The van der Waals surface area contributed by atoms with Crippen molar-refractivity contribution >= 4 is 17.3 Å². The van der Waals surface area contributed by atoms with Crippen LogP contribution in [0.4, 0.5) is 11.4 Å². The molecule has 0 aliphatic rings. The molecule has 1 atom stereocenters. The van der Waals surface area contributed by atoms with Gasteiger partial charge in [-0.2, -0.15) is 0 Å². The lowest BCUT2D eigenvalue weighted by molar-refractivity contribution is 0.100. The summed E-state index contributed by atoms with van der Waals surface area (Å²) >= 11 is 0. The average Bonchev–Trinajstić information content (AvgIpc) is 2.89. The van der Waals surface area contributed by atoms with E-state index in [-0.39, 0.29) is 6.04 Å². The van der Waals surface area contributed by atoms with Crippen molar-refractivity contribution in [3.8, 4) is 0 Å². The van der Waals surface area contributed by atoms with Gasteiger partial charge in [-0.05, 0) is 43.7 Å². The molecule has 5 nitrogen and oxygen atoms in total. The van der Waals surface area contributed by atoms with Crippen molar-refractivity contribution in [1.29, 1.82) is 0 Å². The van der Waals surface area contributed by atoms with Gasteiger partial charge < -0.3 is 21.2 Å². The second-order valence-corrected chi connectivity index (χ2v) is 4.83. The molecule has 5 N–H and O–H groups in total. The molecule has 0 fully saturated rings. The quantitative estimate of drug-likeness (QED) is 0.704. The van der Waals surface area contributed by atoms with Crippen LogP contribution in [0.5, 0.6) is 0 Å². The number of primary amides is 1. The molecule has 0 saturated heterocycles. The fourth-order valence-electron chi connectivity index (χ4n) is 2.05. The summed E-state index contributed by atoms with van der Waals surface area (Å²) in [5.41, 5.74) is 12.8. The number of nitrogens with one attached hydrogen (secondary N) is 1. The van der Waals surface area contributed by atoms with Gasteiger partial charge in [0.25, 0.3) is 5.91 Å². The maximum atomic E-state index is 11.4. The van der Waals surface area contributed by atoms with Gasteiger partial charge in [-0.15, -0.1) is 0 Å². The molecule has 2 rings (SSSR count). The van der Waals surface area contributed by atoms with Gasteiger partial charge >= 0.3 is 0 Å². The van der Waals surface area contributed by atoms with E-state index in [0.717, 1.165) is 18.6 Å². The minimum atomic E-state index is -0.467. The number of hydrogen-bond acceptors (Lipinski definition) is 4. The van der Waals surface area contributed by atoms with Crippen LogP contribution < -0.4 is 16.8 Å². The average molecular weight is 273 g/mol. The molecule has 0 radical (unpaired) electrons. The van der Waals surface area contributed by atoms with Crippen molar-refractivity contribution in [2.24, 2.45) is 5.73 Å². The maximum Gasteiger partial charge on any atom is 0.250 e. The van der Waals surface area contributed by atoms with E-state index in [4.69, 9.17) is 15.9 Å². The third kappa shape index (κ3) is 3.54. The van der Waals surface area contributed by atoms with Crippen molar-refractivity contribution in [3.63, 3.8) is 0 Å². The van der Waals surface area contributed by atoms with Gasteiger partial charge in [0.15, 0.2) is 0 Å². The van der Waals surface area contributed by atoms with E-state index in [1.54, 1.807) is 24.5 Å². The summed E-state index contributed by atoms with van der Waals surface area (Å²) in [6.07, 6.45) is 3.37. The van der Waals surface area contributed by atoms with Crippen molar-refractivity contribution in [2.75, 3.05) is 11.1 Å². The number of amides is 1. The molecule has 5 heteroatoms. The van der Waals surface area contributed by atoms with E-state index in [2.05, 4.69) is 5.32 Å². The van der Waals surface area contributed by atoms with Gasteiger partial charge in [-0.1, -0.05) is 0 Å². The Bertz CT molecular complexity index is 579. The first-order valence-corrected chi connectivity index (χ1v) is 6.54. The van der Waals surface area contributed by atoms with E-state index >= 15 is 0 Å². The third-order valence-corrected chi connectivity index (χ3v) is 3.11. The first-order valence-electron chi connectivity index (χ1n) is 6.54. The minimum absolute atomic E-state index is 0.167. The first kappa shape index (κ1) is 14.0. The minimum Gasteiger partial charge on any atom is -0.469 e.